The topological polar surface area (TPSA) is 46.8 Å². The molecule has 1 saturated heterocycles. The Morgan fingerprint density at radius 2 is 1.95 bits per heavy atom. The van der Waals surface area contributed by atoms with Gasteiger partial charge < -0.3 is 4.90 Å². The van der Waals surface area contributed by atoms with Gasteiger partial charge in [-0.25, -0.2) is 0 Å². The van der Waals surface area contributed by atoms with Gasteiger partial charge in [0.25, 0.3) is 0 Å². The van der Waals surface area contributed by atoms with E-state index in [-0.39, 0.29) is 0 Å². The maximum atomic E-state index is 5.46. The fraction of sp³-hybridized carbons (Fsp3) is 0.385. The molecule has 0 unspecified atom stereocenters. The smallest absolute Gasteiger partial charge is 0.166 e. The second-order valence-electron chi connectivity index (χ2n) is 4.59. The Hall–Kier alpha value is -1.47. The molecule has 3 rings (SSSR count). The lowest BCUT2D eigenvalue weighted by Gasteiger charge is -2.17. The summed E-state index contributed by atoms with van der Waals surface area (Å²) in [6.45, 7) is 2.16. The molecule has 0 atom stereocenters. The number of thiocarbonyl (C=S) groups is 1. The summed E-state index contributed by atoms with van der Waals surface area (Å²) in [6.07, 6.45) is 2.48. The molecule has 1 aromatic carbocycles. The first kappa shape index (κ1) is 13.5. The number of hydrogen-bond donors (Lipinski definition) is 0. The van der Waals surface area contributed by atoms with E-state index in [0.717, 1.165) is 28.9 Å². The summed E-state index contributed by atoms with van der Waals surface area (Å²) in [5.74, 6) is 1.51. The minimum Gasteiger partial charge on any atom is -0.358 e. The molecule has 20 heavy (non-hydrogen) atoms. The highest BCUT2D eigenvalue weighted by atomic mass is 32.2. The lowest BCUT2D eigenvalue weighted by molar-refractivity contribution is 0.539. The Kier molecular flexibility index (Phi) is 4.27. The summed E-state index contributed by atoms with van der Waals surface area (Å²) < 4.78 is 2.71. The van der Waals surface area contributed by atoms with E-state index in [1.54, 1.807) is 16.4 Å². The van der Waals surface area contributed by atoms with Gasteiger partial charge in [-0.2, -0.15) is 4.68 Å². The van der Waals surface area contributed by atoms with Gasteiger partial charge in [0.05, 0.1) is 11.4 Å². The molecule has 1 aliphatic heterocycles. The van der Waals surface area contributed by atoms with Crippen molar-refractivity contribution in [1.82, 2.24) is 25.1 Å². The largest absolute Gasteiger partial charge is 0.358 e. The molecular formula is C13H15N5S2. The Balaban J connectivity index is 1.66. The molecule has 1 aliphatic rings. The minimum absolute atomic E-state index is 0.692. The number of para-hydroxylation sites is 1. The van der Waals surface area contributed by atoms with Gasteiger partial charge in [-0.05, 0) is 35.4 Å². The first-order valence-corrected chi connectivity index (χ1v) is 7.98. The first-order chi connectivity index (χ1) is 9.84. The predicted molar refractivity (Wildman–Crippen MR) is 83.9 cm³/mol. The van der Waals surface area contributed by atoms with Crippen molar-refractivity contribution in [2.75, 3.05) is 13.1 Å². The second kappa shape index (κ2) is 6.32. The van der Waals surface area contributed by atoms with E-state index in [9.17, 15) is 0 Å². The summed E-state index contributed by atoms with van der Waals surface area (Å²) >= 11 is 7.09. The van der Waals surface area contributed by atoms with Crippen molar-refractivity contribution in [1.29, 1.82) is 0 Å². The second-order valence-corrected chi connectivity index (χ2v) is 6.20. The SMILES string of the molecule is S=C(SCc1nnnn1-c1ccccc1)N1CCCC1. The highest BCUT2D eigenvalue weighted by Crippen LogP contribution is 2.20. The molecule has 0 N–H and O–H groups in total. The van der Waals surface area contributed by atoms with Crippen molar-refractivity contribution in [2.24, 2.45) is 0 Å². The van der Waals surface area contributed by atoms with E-state index in [1.165, 1.54) is 12.8 Å². The average Bonchev–Trinajstić information content (AvgIpc) is 3.17. The number of rotatable bonds is 3. The predicted octanol–water partition coefficient (Wildman–Crippen LogP) is 2.28. The fourth-order valence-corrected chi connectivity index (χ4v) is 3.34. The normalized spacial score (nSPS) is 14.7. The quantitative estimate of drug-likeness (QED) is 0.811. The Morgan fingerprint density at radius 1 is 1.20 bits per heavy atom. The number of tetrazole rings is 1. The highest BCUT2D eigenvalue weighted by Gasteiger charge is 2.16. The number of hydrogen-bond acceptors (Lipinski definition) is 5. The van der Waals surface area contributed by atoms with Crippen LogP contribution in [0.1, 0.15) is 18.7 Å². The lowest BCUT2D eigenvalue weighted by atomic mass is 10.3. The molecule has 2 aromatic rings. The maximum absolute atomic E-state index is 5.46. The van der Waals surface area contributed by atoms with Crippen LogP contribution in [0.4, 0.5) is 0 Å². The van der Waals surface area contributed by atoms with Gasteiger partial charge in [0.2, 0.25) is 0 Å². The third kappa shape index (κ3) is 2.99. The Bertz CT molecular complexity index is 577. The molecule has 0 bridgehead atoms. The van der Waals surface area contributed by atoms with Gasteiger partial charge >= 0.3 is 0 Å². The Labute approximate surface area is 127 Å². The number of thioether (sulfide) groups is 1. The molecule has 1 fully saturated rings. The molecule has 7 heteroatoms. The standard InChI is InChI=1S/C13H15N5S2/c19-13(17-8-4-5-9-17)20-10-12-14-15-16-18(12)11-6-2-1-3-7-11/h1-3,6-7H,4-5,8-10H2. The molecule has 104 valence electrons. The zero-order valence-corrected chi connectivity index (χ0v) is 12.6. The molecule has 0 saturated carbocycles. The van der Waals surface area contributed by atoms with Crippen LogP contribution < -0.4 is 0 Å². The van der Waals surface area contributed by atoms with E-state index in [0.29, 0.717) is 5.75 Å². The van der Waals surface area contributed by atoms with Crippen LogP contribution in [-0.4, -0.2) is 42.5 Å². The van der Waals surface area contributed by atoms with Gasteiger partial charge in [-0.15, -0.1) is 5.10 Å². The number of aromatic nitrogens is 4. The van der Waals surface area contributed by atoms with Gasteiger partial charge in [0, 0.05) is 13.1 Å². The summed E-state index contributed by atoms with van der Waals surface area (Å²) in [6, 6.07) is 9.91. The van der Waals surface area contributed by atoms with E-state index < -0.39 is 0 Å². The van der Waals surface area contributed by atoms with Crippen LogP contribution in [0, 0.1) is 0 Å². The van der Waals surface area contributed by atoms with Crippen molar-refractivity contribution in [3.05, 3.63) is 36.2 Å². The first-order valence-electron chi connectivity index (χ1n) is 6.59. The van der Waals surface area contributed by atoms with Crippen LogP contribution in [0.3, 0.4) is 0 Å². The molecule has 0 spiro atoms. The summed E-state index contributed by atoms with van der Waals surface area (Å²) in [7, 11) is 0. The third-order valence-corrected chi connectivity index (χ3v) is 4.74. The zero-order chi connectivity index (χ0) is 13.8. The molecule has 0 amide bonds. The van der Waals surface area contributed by atoms with Gasteiger partial charge in [0.1, 0.15) is 4.32 Å². The number of benzene rings is 1. The van der Waals surface area contributed by atoms with Crippen LogP contribution in [0.15, 0.2) is 30.3 Å². The van der Waals surface area contributed by atoms with E-state index in [4.69, 9.17) is 12.2 Å². The monoisotopic (exact) mass is 305 g/mol. The Morgan fingerprint density at radius 3 is 2.70 bits per heavy atom. The zero-order valence-electron chi connectivity index (χ0n) is 11.0. The van der Waals surface area contributed by atoms with Crippen molar-refractivity contribution >= 4 is 28.3 Å². The summed E-state index contributed by atoms with van der Waals surface area (Å²) in [5.41, 5.74) is 0.972. The molecule has 2 heterocycles. The molecular weight excluding hydrogens is 290 g/mol. The van der Waals surface area contributed by atoms with Crippen LogP contribution >= 0.6 is 24.0 Å². The lowest BCUT2D eigenvalue weighted by Crippen LogP contribution is -2.23. The maximum Gasteiger partial charge on any atom is 0.166 e. The van der Waals surface area contributed by atoms with Crippen LogP contribution in [0.5, 0.6) is 0 Å². The van der Waals surface area contributed by atoms with Crippen LogP contribution in [0.2, 0.25) is 0 Å². The molecule has 0 radical (unpaired) electrons. The van der Waals surface area contributed by atoms with Crippen molar-refractivity contribution in [3.63, 3.8) is 0 Å². The van der Waals surface area contributed by atoms with Gasteiger partial charge in [0.15, 0.2) is 5.82 Å². The van der Waals surface area contributed by atoms with E-state index >= 15 is 0 Å². The van der Waals surface area contributed by atoms with Crippen molar-refractivity contribution < 1.29 is 0 Å². The number of nitrogens with zero attached hydrogens (tertiary/aromatic N) is 5. The van der Waals surface area contributed by atoms with Crippen molar-refractivity contribution in [3.8, 4) is 5.69 Å². The van der Waals surface area contributed by atoms with E-state index in [2.05, 4.69) is 20.4 Å². The third-order valence-electron chi connectivity index (χ3n) is 3.22. The summed E-state index contributed by atoms with van der Waals surface area (Å²) in [5, 5.41) is 11.9. The number of likely N-dealkylation sites (tertiary alicyclic amines) is 1. The highest BCUT2D eigenvalue weighted by molar-refractivity contribution is 8.22. The minimum atomic E-state index is 0.692. The summed E-state index contributed by atoms with van der Waals surface area (Å²) in [4.78, 5) is 2.26. The van der Waals surface area contributed by atoms with Crippen LogP contribution in [0.25, 0.3) is 5.69 Å². The molecule has 5 nitrogen and oxygen atoms in total. The van der Waals surface area contributed by atoms with Gasteiger partial charge in [-0.1, -0.05) is 42.2 Å². The molecule has 0 aliphatic carbocycles. The average molecular weight is 305 g/mol. The molecule has 1 aromatic heterocycles. The fourth-order valence-electron chi connectivity index (χ4n) is 2.18. The van der Waals surface area contributed by atoms with E-state index in [1.807, 2.05) is 30.3 Å². The van der Waals surface area contributed by atoms with Crippen molar-refractivity contribution in [2.45, 2.75) is 18.6 Å². The van der Waals surface area contributed by atoms with Crippen LogP contribution in [-0.2, 0) is 5.75 Å². The van der Waals surface area contributed by atoms with Gasteiger partial charge in [-0.3, -0.25) is 0 Å².